The number of pyridine rings is 1. The minimum absolute atomic E-state index is 0.943. The lowest BCUT2D eigenvalue weighted by atomic mass is 10.2. The van der Waals surface area contributed by atoms with Gasteiger partial charge in [-0.1, -0.05) is 12.6 Å². The lowest BCUT2D eigenvalue weighted by Crippen LogP contribution is -2.09. The molecule has 0 spiro atoms. The van der Waals surface area contributed by atoms with E-state index in [0.717, 1.165) is 17.1 Å². The fourth-order valence-corrected chi connectivity index (χ4v) is 0.933. The fraction of sp³-hybridized carbons (Fsp3) is 0.300. The third kappa shape index (κ3) is 1.84. The average Bonchev–Trinajstić information content (AvgIpc) is 2.03. The third-order valence-electron chi connectivity index (χ3n) is 1.72. The molecule has 0 saturated carbocycles. The van der Waals surface area contributed by atoms with Crippen LogP contribution in [0.25, 0.3) is 5.70 Å². The topological polar surface area (TPSA) is 16.1 Å². The Morgan fingerprint density at radius 3 is 2.58 bits per heavy atom. The van der Waals surface area contributed by atoms with Crippen molar-refractivity contribution in [3.8, 4) is 0 Å². The van der Waals surface area contributed by atoms with Crippen molar-refractivity contribution in [3.05, 3.63) is 36.2 Å². The van der Waals surface area contributed by atoms with Gasteiger partial charge in [-0.3, -0.25) is 4.98 Å². The zero-order valence-electron chi connectivity index (χ0n) is 7.83. The van der Waals surface area contributed by atoms with Crippen LogP contribution in [0.5, 0.6) is 0 Å². The van der Waals surface area contributed by atoms with Crippen molar-refractivity contribution in [2.24, 2.45) is 0 Å². The zero-order chi connectivity index (χ0) is 9.14. The highest BCUT2D eigenvalue weighted by molar-refractivity contribution is 5.57. The van der Waals surface area contributed by atoms with Crippen LogP contribution in [0.15, 0.2) is 24.8 Å². The van der Waals surface area contributed by atoms with Crippen LogP contribution in [-0.4, -0.2) is 24.0 Å². The van der Waals surface area contributed by atoms with Gasteiger partial charge in [0.25, 0.3) is 0 Å². The summed E-state index contributed by atoms with van der Waals surface area (Å²) >= 11 is 0. The van der Waals surface area contributed by atoms with Gasteiger partial charge in [-0.25, -0.2) is 0 Å². The van der Waals surface area contributed by atoms with Gasteiger partial charge in [0, 0.05) is 19.8 Å². The van der Waals surface area contributed by atoms with Crippen molar-refractivity contribution < 1.29 is 0 Å². The summed E-state index contributed by atoms with van der Waals surface area (Å²) in [6.45, 7) is 5.91. The highest BCUT2D eigenvalue weighted by atomic mass is 15.1. The van der Waals surface area contributed by atoms with E-state index in [-0.39, 0.29) is 0 Å². The number of hydrogen-bond acceptors (Lipinski definition) is 2. The van der Waals surface area contributed by atoms with Gasteiger partial charge in [0.05, 0.1) is 11.4 Å². The van der Waals surface area contributed by atoms with Crippen molar-refractivity contribution in [1.82, 2.24) is 9.88 Å². The third-order valence-corrected chi connectivity index (χ3v) is 1.72. The van der Waals surface area contributed by atoms with Crippen LogP contribution in [0.3, 0.4) is 0 Å². The molecule has 1 aromatic rings. The van der Waals surface area contributed by atoms with E-state index in [9.17, 15) is 0 Å². The maximum Gasteiger partial charge on any atom is 0.0859 e. The van der Waals surface area contributed by atoms with Gasteiger partial charge in [-0.15, -0.1) is 0 Å². The van der Waals surface area contributed by atoms with Crippen LogP contribution in [-0.2, 0) is 0 Å². The molecule has 0 atom stereocenters. The van der Waals surface area contributed by atoms with Crippen LogP contribution in [0, 0.1) is 6.92 Å². The van der Waals surface area contributed by atoms with Crippen molar-refractivity contribution in [2.75, 3.05) is 14.1 Å². The van der Waals surface area contributed by atoms with Crippen molar-refractivity contribution in [1.29, 1.82) is 0 Å². The van der Waals surface area contributed by atoms with Gasteiger partial charge in [0.15, 0.2) is 0 Å². The molecule has 0 aromatic carbocycles. The van der Waals surface area contributed by atoms with Crippen LogP contribution in [0.1, 0.15) is 11.4 Å². The highest BCUT2D eigenvalue weighted by Crippen LogP contribution is 2.11. The summed E-state index contributed by atoms with van der Waals surface area (Å²) in [5.41, 5.74) is 2.91. The van der Waals surface area contributed by atoms with E-state index in [1.165, 1.54) is 0 Å². The molecule has 12 heavy (non-hydrogen) atoms. The van der Waals surface area contributed by atoms with Gasteiger partial charge in [-0.2, -0.15) is 0 Å². The van der Waals surface area contributed by atoms with Crippen LogP contribution < -0.4 is 0 Å². The smallest absolute Gasteiger partial charge is 0.0859 e. The van der Waals surface area contributed by atoms with Crippen molar-refractivity contribution in [3.63, 3.8) is 0 Å². The summed E-state index contributed by atoms with van der Waals surface area (Å²) in [4.78, 5) is 6.31. The van der Waals surface area contributed by atoms with Crippen LogP contribution in [0.2, 0.25) is 0 Å². The Kier molecular flexibility index (Phi) is 2.48. The predicted octanol–water partition coefficient (Wildman–Crippen LogP) is 1.92. The first-order chi connectivity index (χ1) is 5.61. The molecule has 2 nitrogen and oxygen atoms in total. The largest absolute Gasteiger partial charge is 0.376 e. The Morgan fingerprint density at radius 2 is 2.08 bits per heavy atom. The molecule has 0 radical (unpaired) electrons. The van der Waals surface area contributed by atoms with Gasteiger partial charge in [0.1, 0.15) is 0 Å². The maximum atomic E-state index is 4.35. The normalized spacial score (nSPS) is 9.58. The number of aryl methyl sites for hydroxylation is 1. The Balaban J connectivity index is 2.96. The maximum absolute atomic E-state index is 4.35. The molecule has 1 aromatic heterocycles. The Bertz CT molecular complexity index is 290. The monoisotopic (exact) mass is 162 g/mol. The first-order valence-corrected chi connectivity index (χ1v) is 3.91. The van der Waals surface area contributed by atoms with Crippen LogP contribution >= 0.6 is 0 Å². The molecule has 0 aliphatic heterocycles. The lowest BCUT2D eigenvalue weighted by molar-refractivity contribution is 0.590. The minimum Gasteiger partial charge on any atom is -0.376 e. The molecule has 0 N–H and O–H groups in total. The predicted molar refractivity (Wildman–Crippen MR) is 51.7 cm³/mol. The summed E-state index contributed by atoms with van der Waals surface area (Å²) < 4.78 is 0. The molecule has 1 heterocycles. The molecule has 64 valence electrons. The van der Waals surface area contributed by atoms with Crippen molar-refractivity contribution >= 4 is 5.70 Å². The Labute approximate surface area is 73.5 Å². The Hall–Kier alpha value is -1.31. The fourth-order valence-electron chi connectivity index (χ4n) is 0.933. The first kappa shape index (κ1) is 8.78. The Morgan fingerprint density at radius 1 is 1.42 bits per heavy atom. The minimum atomic E-state index is 0.943. The number of aromatic nitrogens is 1. The molecule has 0 unspecified atom stereocenters. The van der Waals surface area contributed by atoms with Gasteiger partial charge >= 0.3 is 0 Å². The SMILES string of the molecule is C=C(c1cccc(C)n1)N(C)C. The quantitative estimate of drug-likeness (QED) is 0.660. The molecule has 0 bridgehead atoms. The second-order valence-corrected chi connectivity index (χ2v) is 3.01. The van der Waals surface area contributed by atoms with Gasteiger partial charge < -0.3 is 4.90 Å². The molecule has 0 aliphatic rings. The molecule has 0 amide bonds. The van der Waals surface area contributed by atoms with E-state index in [2.05, 4.69) is 11.6 Å². The summed E-state index contributed by atoms with van der Waals surface area (Å²) in [5.74, 6) is 0. The van der Waals surface area contributed by atoms with E-state index in [4.69, 9.17) is 0 Å². The van der Waals surface area contributed by atoms with Gasteiger partial charge in [-0.05, 0) is 19.1 Å². The lowest BCUT2D eigenvalue weighted by Gasteiger charge is -2.14. The molecule has 0 fully saturated rings. The summed E-state index contributed by atoms with van der Waals surface area (Å²) in [7, 11) is 3.93. The second kappa shape index (κ2) is 3.39. The van der Waals surface area contributed by atoms with E-state index in [1.807, 2.05) is 44.1 Å². The van der Waals surface area contributed by atoms with Crippen molar-refractivity contribution in [2.45, 2.75) is 6.92 Å². The molecular weight excluding hydrogens is 148 g/mol. The number of nitrogens with zero attached hydrogens (tertiary/aromatic N) is 2. The van der Waals surface area contributed by atoms with E-state index >= 15 is 0 Å². The molecule has 2 heteroatoms. The molecule has 1 rings (SSSR count). The molecule has 0 aliphatic carbocycles. The molecular formula is C10H14N2. The van der Waals surface area contributed by atoms with E-state index in [0.29, 0.717) is 0 Å². The highest BCUT2D eigenvalue weighted by Gasteiger charge is 2.00. The van der Waals surface area contributed by atoms with Gasteiger partial charge in [0.2, 0.25) is 0 Å². The van der Waals surface area contributed by atoms with Crippen LogP contribution in [0.4, 0.5) is 0 Å². The zero-order valence-corrected chi connectivity index (χ0v) is 7.83. The first-order valence-electron chi connectivity index (χ1n) is 3.91. The number of rotatable bonds is 2. The summed E-state index contributed by atoms with van der Waals surface area (Å²) in [6, 6.07) is 5.94. The standard InChI is InChI=1S/C10H14N2/c1-8-6-5-7-10(11-8)9(2)12(3)4/h5-7H,2H2,1,3-4H3. The molecule has 0 saturated heterocycles. The van der Waals surface area contributed by atoms with E-state index < -0.39 is 0 Å². The average molecular weight is 162 g/mol. The summed E-state index contributed by atoms with van der Waals surface area (Å²) in [6.07, 6.45) is 0. The second-order valence-electron chi connectivity index (χ2n) is 3.01. The van der Waals surface area contributed by atoms with E-state index in [1.54, 1.807) is 0 Å². The number of hydrogen-bond donors (Lipinski definition) is 0. The summed E-state index contributed by atoms with van der Waals surface area (Å²) in [5, 5.41) is 0.